The highest BCUT2D eigenvalue weighted by atomic mass is 16.5. The van der Waals surface area contributed by atoms with Crippen molar-refractivity contribution in [2.45, 2.75) is 93.9 Å². The molecule has 1 aliphatic heterocycles. The standard InChI is InChI=1S/C49H54N6O/c1-30-23-44(35(6)34(5)33(30)4)53-20-19-52(29-53)38-24-37(49(10,11)12)25-40(26-38)56-39-17-18-42-41-15-13-14-16-43(41)55(45(42)27-39)47-51-50-28-54(47)46-31(2)21-36(22-32(46)3)48(7,8)9/h13-28H,29H2,1-12H3. The van der Waals surface area contributed by atoms with Gasteiger partial charge in [-0.3, -0.25) is 9.13 Å². The molecule has 0 aliphatic carbocycles. The van der Waals surface area contributed by atoms with Crippen LogP contribution in [0.1, 0.15) is 86.1 Å². The van der Waals surface area contributed by atoms with Gasteiger partial charge < -0.3 is 14.5 Å². The Morgan fingerprint density at radius 3 is 1.96 bits per heavy atom. The molecule has 0 amide bonds. The van der Waals surface area contributed by atoms with Crippen molar-refractivity contribution in [2.75, 3.05) is 16.5 Å². The van der Waals surface area contributed by atoms with E-state index in [9.17, 15) is 0 Å². The summed E-state index contributed by atoms with van der Waals surface area (Å²) >= 11 is 0. The number of hydrogen-bond donors (Lipinski definition) is 0. The topological polar surface area (TPSA) is 51.4 Å². The largest absolute Gasteiger partial charge is 0.457 e. The van der Waals surface area contributed by atoms with Crippen LogP contribution in [0, 0.1) is 41.5 Å². The van der Waals surface area contributed by atoms with Gasteiger partial charge in [-0.2, -0.15) is 0 Å². The number of para-hydroxylation sites is 1. The number of benzene rings is 5. The average Bonchev–Trinajstić information content (AvgIpc) is 3.89. The fourth-order valence-corrected chi connectivity index (χ4v) is 8.15. The van der Waals surface area contributed by atoms with Gasteiger partial charge in [0.05, 0.1) is 23.4 Å². The van der Waals surface area contributed by atoms with Crippen LogP contribution in [0.2, 0.25) is 0 Å². The van der Waals surface area contributed by atoms with E-state index in [4.69, 9.17) is 9.84 Å². The molecule has 0 spiro atoms. The van der Waals surface area contributed by atoms with Crippen molar-refractivity contribution in [3.63, 3.8) is 0 Å². The second kappa shape index (κ2) is 13.4. The summed E-state index contributed by atoms with van der Waals surface area (Å²) in [7, 11) is 0. The number of ether oxygens (including phenoxy) is 1. The molecule has 0 fully saturated rings. The summed E-state index contributed by atoms with van der Waals surface area (Å²) < 4.78 is 11.2. The molecule has 0 radical (unpaired) electrons. The van der Waals surface area contributed by atoms with Crippen molar-refractivity contribution in [3.8, 4) is 23.1 Å². The highest BCUT2D eigenvalue weighted by Gasteiger charge is 2.25. The van der Waals surface area contributed by atoms with Crippen LogP contribution in [0.3, 0.4) is 0 Å². The van der Waals surface area contributed by atoms with Gasteiger partial charge in [0.25, 0.3) is 0 Å². The third-order valence-electron chi connectivity index (χ3n) is 11.8. The molecule has 3 heterocycles. The summed E-state index contributed by atoms with van der Waals surface area (Å²) in [6, 6.07) is 28.4. The molecule has 0 saturated carbocycles. The van der Waals surface area contributed by atoms with Crippen molar-refractivity contribution in [2.24, 2.45) is 0 Å². The van der Waals surface area contributed by atoms with E-state index in [1.165, 1.54) is 50.2 Å². The lowest BCUT2D eigenvalue weighted by molar-refractivity contribution is 0.479. The first-order valence-electron chi connectivity index (χ1n) is 19.7. The van der Waals surface area contributed by atoms with Crippen LogP contribution < -0.4 is 14.5 Å². The minimum Gasteiger partial charge on any atom is -0.457 e. The fourth-order valence-electron chi connectivity index (χ4n) is 8.15. The summed E-state index contributed by atoms with van der Waals surface area (Å²) in [5.74, 6) is 2.29. The molecular formula is C49H54N6O. The maximum atomic E-state index is 6.84. The van der Waals surface area contributed by atoms with E-state index in [1.807, 2.05) is 6.33 Å². The number of anilines is 2. The van der Waals surface area contributed by atoms with Gasteiger partial charge >= 0.3 is 0 Å². The quantitative estimate of drug-likeness (QED) is 0.170. The Balaban J connectivity index is 1.19. The Morgan fingerprint density at radius 2 is 1.25 bits per heavy atom. The van der Waals surface area contributed by atoms with Crippen LogP contribution in [-0.4, -0.2) is 26.0 Å². The third-order valence-corrected chi connectivity index (χ3v) is 11.8. The monoisotopic (exact) mass is 742 g/mol. The molecule has 0 unspecified atom stereocenters. The highest BCUT2D eigenvalue weighted by molar-refractivity contribution is 6.09. The van der Waals surface area contributed by atoms with Gasteiger partial charge in [-0.15, -0.1) is 10.2 Å². The van der Waals surface area contributed by atoms with Crippen LogP contribution in [-0.2, 0) is 10.8 Å². The summed E-state index contributed by atoms with van der Waals surface area (Å²) in [5, 5.41) is 11.5. The maximum absolute atomic E-state index is 6.84. The van der Waals surface area contributed by atoms with E-state index >= 15 is 0 Å². The summed E-state index contributed by atoms with van der Waals surface area (Å²) in [4.78, 5) is 4.64. The van der Waals surface area contributed by atoms with Crippen molar-refractivity contribution >= 4 is 33.2 Å². The number of aromatic nitrogens is 4. The van der Waals surface area contributed by atoms with E-state index < -0.39 is 0 Å². The van der Waals surface area contributed by atoms with Crippen molar-refractivity contribution in [3.05, 3.63) is 142 Å². The van der Waals surface area contributed by atoms with E-state index in [0.717, 1.165) is 57.3 Å². The molecule has 0 bridgehead atoms. The lowest BCUT2D eigenvalue weighted by Gasteiger charge is -2.27. The summed E-state index contributed by atoms with van der Waals surface area (Å²) in [6.45, 7) is 27.5. The smallest absolute Gasteiger partial charge is 0.240 e. The highest BCUT2D eigenvalue weighted by Crippen LogP contribution is 2.40. The molecule has 286 valence electrons. The van der Waals surface area contributed by atoms with Crippen LogP contribution in [0.15, 0.2) is 97.6 Å². The average molecular weight is 743 g/mol. The lowest BCUT2D eigenvalue weighted by Crippen LogP contribution is -2.26. The van der Waals surface area contributed by atoms with Gasteiger partial charge in [0.1, 0.15) is 17.8 Å². The van der Waals surface area contributed by atoms with E-state index in [1.54, 1.807) is 0 Å². The minimum absolute atomic E-state index is 0.0466. The zero-order chi connectivity index (χ0) is 39.8. The molecule has 2 aromatic heterocycles. The number of aryl methyl sites for hydroxylation is 3. The Morgan fingerprint density at radius 1 is 0.589 bits per heavy atom. The Bertz CT molecular complexity index is 2670. The third kappa shape index (κ3) is 6.43. The molecule has 1 aliphatic rings. The first-order chi connectivity index (χ1) is 26.5. The zero-order valence-corrected chi connectivity index (χ0v) is 35.0. The molecule has 7 heteroatoms. The van der Waals surface area contributed by atoms with Crippen LogP contribution in [0.4, 0.5) is 11.4 Å². The van der Waals surface area contributed by atoms with Crippen LogP contribution >= 0.6 is 0 Å². The molecule has 7 nitrogen and oxygen atoms in total. The Kier molecular flexibility index (Phi) is 8.91. The molecule has 56 heavy (non-hydrogen) atoms. The van der Waals surface area contributed by atoms with Gasteiger partial charge in [0, 0.05) is 46.7 Å². The second-order valence-electron chi connectivity index (χ2n) is 17.8. The minimum atomic E-state index is -0.0825. The predicted octanol–water partition coefficient (Wildman–Crippen LogP) is 12.4. The fraction of sp³-hybridized carbons (Fsp3) is 0.306. The first kappa shape index (κ1) is 37.1. The number of nitrogens with zero attached hydrogens (tertiary/aromatic N) is 6. The molecule has 8 rings (SSSR count). The molecular weight excluding hydrogens is 689 g/mol. The second-order valence-corrected chi connectivity index (χ2v) is 17.8. The molecule has 0 atom stereocenters. The van der Waals surface area contributed by atoms with E-state index in [-0.39, 0.29) is 10.8 Å². The number of rotatable bonds is 6. The van der Waals surface area contributed by atoms with Crippen LogP contribution in [0.25, 0.3) is 33.4 Å². The van der Waals surface area contributed by atoms with Gasteiger partial charge in [-0.1, -0.05) is 71.9 Å². The summed E-state index contributed by atoms with van der Waals surface area (Å²) in [5.41, 5.74) is 15.7. The SMILES string of the molecule is Cc1cc(N2C=CN(c3cc(Oc4ccc5c6ccccc6n(-c6nncn6-c6c(C)cc(C(C)(C)C)cc6C)c5c4)cc(C(C)(C)C)c3)C2)c(C)c(C)c1C. The van der Waals surface area contributed by atoms with Gasteiger partial charge in [0.2, 0.25) is 5.95 Å². The van der Waals surface area contributed by atoms with Crippen molar-refractivity contribution in [1.29, 1.82) is 0 Å². The van der Waals surface area contributed by atoms with Gasteiger partial charge in [-0.25, -0.2) is 0 Å². The Labute approximate surface area is 331 Å². The molecule has 7 aromatic rings. The number of fused-ring (bicyclic) bond motifs is 3. The van der Waals surface area contributed by atoms with Gasteiger partial charge in [0.15, 0.2) is 0 Å². The Hall–Kier alpha value is -5.82. The van der Waals surface area contributed by atoms with E-state index in [0.29, 0.717) is 0 Å². The first-order valence-corrected chi connectivity index (χ1v) is 19.7. The van der Waals surface area contributed by atoms with Crippen molar-refractivity contribution < 1.29 is 4.74 Å². The number of hydrogen-bond acceptors (Lipinski definition) is 5. The molecule has 5 aromatic carbocycles. The van der Waals surface area contributed by atoms with Crippen molar-refractivity contribution in [1.82, 2.24) is 19.3 Å². The van der Waals surface area contributed by atoms with Crippen LogP contribution in [0.5, 0.6) is 11.5 Å². The lowest BCUT2D eigenvalue weighted by atomic mass is 9.85. The molecule has 0 N–H and O–H groups in total. The maximum Gasteiger partial charge on any atom is 0.240 e. The zero-order valence-electron chi connectivity index (χ0n) is 35.0. The molecule has 0 saturated heterocycles. The van der Waals surface area contributed by atoms with E-state index in [2.05, 4.69) is 198 Å². The normalized spacial score (nSPS) is 13.5. The predicted molar refractivity (Wildman–Crippen MR) is 233 cm³/mol. The summed E-state index contributed by atoms with van der Waals surface area (Å²) in [6.07, 6.45) is 6.20. The van der Waals surface area contributed by atoms with Gasteiger partial charge in [-0.05, 0) is 133 Å².